The van der Waals surface area contributed by atoms with E-state index in [1.807, 2.05) is 6.07 Å². The molecule has 150 valence electrons. The maximum atomic E-state index is 12.2. The maximum absolute atomic E-state index is 12.2. The highest BCUT2D eigenvalue weighted by Gasteiger charge is 2.51. The molecule has 0 saturated heterocycles. The molecule has 2 atom stereocenters. The number of non-ortho nitro benzene ring substituents is 1. The van der Waals surface area contributed by atoms with Crippen molar-refractivity contribution in [1.29, 1.82) is 0 Å². The number of nitrogens with zero attached hydrogens (tertiary/aromatic N) is 3. The Balaban J connectivity index is 1.92. The Morgan fingerprint density at radius 2 is 1.86 bits per heavy atom. The van der Waals surface area contributed by atoms with E-state index in [9.17, 15) is 30.1 Å². The number of hydrogen-bond acceptors (Lipinski definition) is 7. The number of hydrogen-bond donors (Lipinski definition) is 2. The average molecular weight is 398 g/mol. The van der Waals surface area contributed by atoms with Crippen molar-refractivity contribution in [3.05, 3.63) is 74.3 Å². The normalized spacial score (nSPS) is 22.4. The molecule has 0 radical (unpaired) electrons. The second-order valence-corrected chi connectivity index (χ2v) is 6.79. The van der Waals surface area contributed by atoms with Gasteiger partial charge in [0, 0.05) is 17.7 Å². The van der Waals surface area contributed by atoms with Crippen LogP contribution in [-0.4, -0.2) is 26.6 Å². The van der Waals surface area contributed by atoms with E-state index in [4.69, 9.17) is 0 Å². The van der Waals surface area contributed by atoms with Gasteiger partial charge in [-0.15, -0.1) is 0 Å². The zero-order valence-corrected chi connectivity index (χ0v) is 15.4. The van der Waals surface area contributed by atoms with Crippen LogP contribution in [-0.2, 0) is 10.2 Å². The Bertz CT molecular complexity index is 1010. The largest absolute Gasteiger partial charge is 0.481 e. The molecule has 1 aliphatic rings. The zero-order valence-electron chi connectivity index (χ0n) is 15.4. The summed E-state index contributed by atoms with van der Waals surface area (Å²) >= 11 is 0. The molecule has 2 N–H and O–H groups in total. The van der Waals surface area contributed by atoms with Gasteiger partial charge in [-0.3, -0.25) is 30.4 Å². The molecule has 1 saturated carbocycles. The Kier molecular flexibility index (Phi) is 5.26. The van der Waals surface area contributed by atoms with Crippen LogP contribution in [0.15, 0.2) is 53.6 Å². The van der Waals surface area contributed by atoms with Crippen molar-refractivity contribution >= 4 is 28.7 Å². The van der Waals surface area contributed by atoms with Crippen LogP contribution in [0.4, 0.5) is 17.1 Å². The number of nitro benzene ring substituents is 2. The minimum atomic E-state index is -1.14. The highest BCUT2D eigenvalue weighted by molar-refractivity contribution is 5.99. The Morgan fingerprint density at radius 1 is 1.17 bits per heavy atom. The second-order valence-electron chi connectivity index (χ2n) is 6.79. The number of hydrazone groups is 1. The van der Waals surface area contributed by atoms with E-state index in [0.717, 1.165) is 12.1 Å². The van der Waals surface area contributed by atoms with Gasteiger partial charge in [-0.2, -0.15) is 5.10 Å². The lowest BCUT2D eigenvalue weighted by Gasteiger charge is -2.29. The van der Waals surface area contributed by atoms with E-state index in [1.54, 1.807) is 31.2 Å². The number of nitro groups is 2. The molecule has 0 spiro atoms. The van der Waals surface area contributed by atoms with Crippen LogP contribution in [0.25, 0.3) is 0 Å². The molecule has 0 amide bonds. The van der Waals surface area contributed by atoms with Crippen molar-refractivity contribution in [2.75, 3.05) is 5.43 Å². The molecule has 10 nitrogen and oxygen atoms in total. The van der Waals surface area contributed by atoms with Crippen molar-refractivity contribution in [3.8, 4) is 0 Å². The molecular weight excluding hydrogens is 380 g/mol. The number of rotatable bonds is 6. The number of nitrogens with one attached hydrogen (secondary N) is 1. The maximum Gasteiger partial charge on any atom is 0.314 e. The molecule has 0 bridgehead atoms. The number of benzene rings is 2. The average Bonchev–Trinajstić information content (AvgIpc) is 3.04. The summed E-state index contributed by atoms with van der Waals surface area (Å²) < 4.78 is 0. The van der Waals surface area contributed by atoms with Gasteiger partial charge >= 0.3 is 11.7 Å². The van der Waals surface area contributed by atoms with Gasteiger partial charge < -0.3 is 5.11 Å². The molecule has 3 rings (SSSR count). The third-order valence-electron chi connectivity index (χ3n) is 5.39. The quantitative estimate of drug-likeness (QED) is 0.556. The minimum absolute atomic E-state index is 0.00663. The molecule has 0 aromatic heterocycles. The van der Waals surface area contributed by atoms with Gasteiger partial charge in [0.25, 0.3) is 5.69 Å². The van der Waals surface area contributed by atoms with Crippen molar-refractivity contribution in [3.63, 3.8) is 0 Å². The highest BCUT2D eigenvalue weighted by atomic mass is 16.6. The van der Waals surface area contributed by atoms with Crippen molar-refractivity contribution < 1.29 is 19.7 Å². The molecule has 0 aliphatic heterocycles. The summed E-state index contributed by atoms with van der Waals surface area (Å²) in [5.74, 6) is -1.41. The van der Waals surface area contributed by atoms with E-state index < -0.39 is 38.5 Å². The summed E-state index contributed by atoms with van der Waals surface area (Å²) in [5.41, 5.74) is 1.79. The monoisotopic (exact) mass is 398 g/mol. The first-order valence-corrected chi connectivity index (χ1v) is 8.81. The van der Waals surface area contributed by atoms with Gasteiger partial charge in [0.15, 0.2) is 0 Å². The molecule has 2 aromatic carbocycles. The van der Waals surface area contributed by atoms with Crippen LogP contribution in [0, 0.1) is 26.1 Å². The van der Waals surface area contributed by atoms with Gasteiger partial charge in [0.05, 0.1) is 15.9 Å². The molecule has 0 heterocycles. The first-order chi connectivity index (χ1) is 13.8. The first kappa shape index (κ1) is 19.9. The number of carbonyl (C=O) groups is 1. The minimum Gasteiger partial charge on any atom is -0.481 e. The summed E-state index contributed by atoms with van der Waals surface area (Å²) in [6.07, 6.45) is 0.743. The fourth-order valence-electron chi connectivity index (χ4n) is 3.75. The third kappa shape index (κ3) is 3.51. The molecular formula is C19H18N4O6. The number of anilines is 1. The van der Waals surface area contributed by atoms with Gasteiger partial charge in [0.1, 0.15) is 11.1 Å². The van der Waals surface area contributed by atoms with E-state index >= 15 is 0 Å². The smallest absolute Gasteiger partial charge is 0.314 e. The van der Waals surface area contributed by atoms with Crippen LogP contribution < -0.4 is 5.43 Å². The zero-order chi connectivity index (χ0) is 21.2. The van der Waals surface area contributed by atoms with Crippen LogP contribution in [0.2, 0.25) is 0 Å². The molecule has 1 aliphatic carbocycles. The van der Waals surface area contributed by atoms with Crippen molar-refractivity contribution in [2.24, 2.45) is 11.0 Å². The topological polar surface area (TPSA) is 148 Å². The fraction of sp³-hybridized carbons (Fsp3) is 0.263. The Hall–Kier alpha value is -3.82. The number of carboxylic acid groups (broad SMARTS) is 1. The van der Waals surface area contributed by atoms with Crippen LogP contribution >= 0.6 is 0 Å². The first-order valence-electron chi connectivity index (χ1n) is 8.81. The summed E-state index contributed by atoms with van der Waals surface area (Å²) in [5, 5.41) is 36.3. The van der Waals surface area contributed by atoms with E-state index in [1.165, 1.54) is 6.07 Å². The van der Waals surface area contributed by atoms with Gasteiger partial charge in [-0.05, 0) is 24.5 Å². The molecule has 2 aromatic rings. The summed E-state index contributed by atoms with van der Waals surface area (Å²) in [6.45, 7) is 1.76. The fourth-order valence-corrected chi connectivity index (χ4v) is 3.75. The molecule has 29 heavy (non-hydrogen) atoms. The summed E-state index contributed by atoms with van der Waals surface area (Å²) in [4.78, 5) is 32.8. The van der Waals surface area contributed by atoms with Gasteiger partial charge in [0.2, 0.25) is 0 Å². The molecule has 0 unspecified atom stereocenters. The van der Waals surface area contributed by atoms with Crippen molar-refractivity contribution in [1.82, 2.24) is 0 Å². The summed E-state index contributed by atoms with van der Waals surface area (Å²) in [7, 11) is 0. The lowest BCUT2D eigenvalue weighted by atomic mass is 9.73. The lowest BCUT2D eigenvalue weighted by Crippen LogP contribution is -2.39. The van der Waals surface area contributed by atoms with E-state index in [2.05, 4.69) is 10.5 Å². The second kappa shape index (κ2) is 7.66. The number of aliphatic carboxylic acids is 1. The summed E-state index contributed by atoms with van der Waals surface area (Å²) in [6, 6.07) is 12.1. The Labute approximate surface area is 165 Å². The standard InChI is InChI=1S/C19H18N4O6/c1-12-15(9-10-19(12,18(24)25)13-5-3-2-4-6-13)20-21-16-8-7-14(22(26)27)11-17(16)23(28)29/h2-8,11-12,21H,9-10H2,1H3,(H,24,25)/b20-15+/t12-,19+/m0/s1. The Morgan fingerprint density at radius 3 is 2.45 bits per heavy atom. The lowest BCUT2D eigenvalue weighted by molar-refractivity contribution is -0.393. The predicted octanol–water partition coefficient (Wildman–Crippen LogP) is 3.72. The van der Waals surface area contributed by atoms with Crippen LogP contribution in [0.3, 0.4) is 0 Å². The van der Waals surface area contributed by atoms with E-state index in [-0.39, 0.29) is 5.69 Å². The van der Waals surface area contributed by atoms with Crippen molar-refractivity contribution in [2.45, 2.75) is 25.2 Å². The predicted molar refractivity (Wildman–Crippen MR) is 105 cm³/mol. The highest BCUT2D eigenvalue weighted by Crippen LogP contribution is 2.44. The van der Waals surface area contributed by atoms with Crippen LogP contribution in [0.1, 0.15) is 25.3 Å². The van der Waals surface area contributed by atoms with Gasteiger partial charge in [-0.25, -0.2) is 0 Å². The van der Waals surface area contributed by atoms with Gasteiger partial charge in [-0.1, -0.05) is 37.3 Å². The molecule has 1 fully saturated rings. The van der Waals surface area contributed by atoms with E-state index in [0.29, 0.717) is 24.1 Å². The third-order valence-corrected chi connectivity index (χ3v) is 5.39. The number of carboxylic acids is 1. The molecule has 10 heteroatoms. The van der Waals surface area contributed by atoms with Crippen LogP contribution in [0.5, 0.6) is 0 Å². The SMILES string of the molecule is C[C@H]1/C(=N/Nc2ccc([N+](=O)[O-])cc2[N+](=O)[O-])CC[C@]1(C(=O)O)c1ccccc1.